The molecule has 0 amide bonds. The quantitative estimate of drug-likeness (QED) is 0.662. The topological polar surface area (TPSA) is 73.0 Å². The van der Waals surface area contributed by atoms with Gasteiger partial charge < -0.3 is 15.3 Å². The zero-order valence-electron chi connectivity index (χ0n) is 13.1. The highest BCUT2D eigenvalue weighted by Gasteiger charge is 2.20. The summed E-state index contributed by atoms with van der Waals surface area (Å²) in [5, 5.41) is 17.0. The molecule has 0 aliphatic carbocycles. The highest BCUT2D eigenvalue weighted by molar-refractivity contribution is 6.33. The molecule has 24 heavy (non-hydrogen) atoms. The van der Waals surface area contributed by atoms with Crippen LogP contribution in [0.4, 0.5) is 5.69 Å². The van der Waals surface area contributed by atoms with E-state index in [1.165, 1.54) is 6.20 Å². The SMILES string of the molecule is COc1ccc(Cl)c(NC2=NCCN2OCc2cccc[n+]2[O-])c1. The number of benzene rings is 1. The van der Waals surface area contributed by atoms with Crippen LogP contribution in [0, 0.1) is 5.21 Å². The minimum Gasteiger partial charge on any atom is -0.618 e. The summed E-state index contributed by atoms with van der Waals surface area (Å²) in [6, 6.07) is 10.5. The Balaban J connectivity index is 1.67. The van der Waals surface area contributed by atoms with Crippen molar-refractivity contribution in [3.63, 3.8) is 0 Å². The van der Waals surface area contributed by atoms with E-state index in [1.54, 1.807) is 48.6 Å². The molecule has 0 unspecified atom stereocenters. The van der Waals surface area contributed by atoms with Crippen LogP contribution in [0.1, 0.15) is 5.69 Å². The van der Waals surface area contributed by atoms with Gasteiger partial charge in [-0.15, -0.1) is 0 Å². The van der Waals surface area contributed by atoms with E-state index in [0.29, 0.717) is 41.2 Å². The van der Waals surface area contributed by atoms with E-state index in [4.69, 9.17) is 21.2 Å². The van der Waals surface area contributed by atoms with Crippen LogP contribution in [-0.4, -0.2) is 31.2 Å². The molecule has 2 heterocycles. The van der Waals surface area contributed by atoms with E-state index in [1.807, 2.05) is 0 Å². The number of ether oxygens (including phenoxy) is 1. The molecule has 0 spiro atoms. The second-order valence-electron chi connectivity index (χ2n) is 5.07. The van der Waals surface area contributed by atoms with Crippen molar-refractivity contribution in [1.82, 2.24) is 5.06 Å². The van der Waals surface area contributed by atoms with E-state index < -0.39 is 0 Å². The van der Waals surface area contributed by atoms with Gasteiger partial charge in [0.2, 0.25) is 11.7 Å². The van der Waals surface area contributed by atoms with Gasteiger partial charge in [0, 0.05) is 18.2 Å². The van der Waals surface area contributed by atoms with Gasteiger partial charge >= 0.3 is 0 Å². The highest BCUT2D eigenvalue weighted by Crippen LogP contribution is 2.27. The Morgan fingerprint density at radius 1 is 1.38 bits per heavy atom. The molecule has 1 aliphatic heterocycles. The molecule has 7 nitrogen and oxygen atoms in total. The van der Waals surface area contributed by atoms with Gasteiger partial charge in [0.15, 0.2) is 12.8 Å². The standard InChI is InChI=1S/C16H17ClN4O3/c1-23-13-5-6-14(17)15(10-13)19-16-18-7-9-21(16)24-11-12-4-2-3-8-20(12)22/h2-6,8,10H,7,9,11H2,1H3,(H,18,19). The van der Waals surface area contributed by atoms with Crippen LogP contribution in [-0.2, 0) is 11.4 Å². The predicted molar refractivity (Wildman–Crippen MR) is 90.8 cm³/mol. The second kappa shape index (κ2) is 7.37. The van der Waals surface area contributed by atoms with E-state index in [9.17, 15) is 5.21 Å². The molecule has 1 aromatic heterocycles. The Morgan fingerprint density at radius 2 is 2.25 bits per heavy atom. The average Bonchev–Trinajstić information content (AvgIpc) is 3.03. The van der Waals surface area contributed by atoms with Crippen LogP contribution < -0.4 is 14.8 Å². The van der Waals surface area contributed by atoms with Crippen LogP contribution in [0.3, 0.4) is 0 Å². The highest BCUT2D eigenvalue weighted by atomic mass is 35.5. The Morgan fingerprint density at radius 3 is 3.04 bits per heavy atom. The summed E-state index contributed by atoms with van der Waals surface area (Å²) in [5.74, 6) is 1.23. The van der Waals surface area contributed by atoms with Crippen LogP contribution in [0.15, 0.2) is 47.6 Å². The van der Waals surface area contributed by atoms with Gasteiger partial charge in [-0.3, -0.25) is 4.84 Å². The maximum Gasteiger partial charge on any atom is 0.223 e. The molecule has 0 bridgehead atoms. The molecule has 2 aromatic rings. The van der Waals surface area contributed by atoms with E-state index in [0.717, 1.165) is 4.73 Å². The van der Waals surface area contributed by atoms with Crippen molar-refractivity contribution < 1.29 is 14.3 Å². The number of guanidine groups is 1. The van der Waals surface area contributed by atoms with Crippen molar-refractivity contribution in [2.75, 3.05) is 25.5 Å². The predicted octanol–water partition coefficient (Wildman–Crippen LogP) is 2.20. The molecule has 1 aliphatic rings. The van der Waals surface area contributed by atoms with Crippen molar-refractivity contribution >= 4 is 23.2 Å². The molecule has 0 radical (unpaired) electrons. The number of rotatable bonds is 5. The van der Waals surface area contributed by atoms with E-state index in [-0.39, 0.29) is 6.61 Å². The number of hydrogen-bond donors (Lipinski definition) is 1. The van der Waals surface area contributed by atoms with Gasteiger partial charge in [-0.2, -0.15) is 4.73 Å². The van der Waals surface area contributed by atoms with Gasteiger partial charge in [0.05, 0.1) is 30.9 Å². The van der Waals surface area contributed by atoms with Crippen molar-refractivity contribution in [2.45, 2.75) is 6.61 Å². The fourth-order valence-corrected chi connectivity index (χ4v) is 2.39. The lowest BCUT2D eigenvalue weighted by atomic mass is 10.3. The molecule has 1 aromatic carbocycles. The van der Waals surface area contributed by atoms with Gasteiger partial charge in [0.1, 0.15) is 5.75 Å². The minimum atomic E-state index is 0.150. The molecule has 0 fully saturated rings. The number of aliphatic imine (C=N–C) groups is 1. The van der Waals surface area contributed by atoms with Gasteiger partial charge in [0.25, 0.3) is 0 Å². The van der Waals surface area contributed by atoms with Gasteiger partial charge in [-0.05, 0) is 18.2 Å². The number of hydrogen-bond acceptors (Lipinski definition) is 6. The third-order valence-corrected chi connectivity index (χ3v) is 3.82. The lowest BCUT2D eigenvalue weighted by molar-refractivity contribution is -0.617. The first-order chi connectivity index (χ1) is 11.7. The number of aromatic nitrogens is 1. The summed E-state index contributed by atoms with van der Waals surface area (Å²) in [7, 11) is 1.59. The third kappa shape index (κ3) is 3.69. The zero-order valence-corrected chi connectivity index (χ0v) is 13.9. The van der Waals surface area contributed by atoms with Crippen LogP contribution in [0.2, 0.25) is 5.02 Å². The summed E-state index contributed by atoms with van der Waals surface area (Å²) < 4.78 is 5.98. The fourth-order valence-electron chi connectivity index (χ4n) is 2.23. The van der Waals surface area contributed by atoms with E-state index in [2.05, 4.69) is 10.3 Å². The Bertz CT molecular complexity index is 754. The first kappa shape index (κ1) is 16.4. The number of halogens is 1. The number of hydroxylamine groups is 2. The summed E-state index contributed by atoms with van der Waals surface area (Å²) in [4.78, 5) is 10.1. The summed E-state index contributed by atoms with van der Waals surface area (Å²) in [6.45, 7) is 1.34. The molecule has 8 heteroatoms. The monoisotopic (exact) mass is 348 g/mol. The Hall–Kier alpha value is -2.51. The normalized spacial score (nSPS) is 13.8. The molecule has 0 atom stereocenters. The molecule has 3 rings (SSSR count). The second-order valence-corrected chi connectivity index (χ2v) is 5.48. The fraction of sp³-hybridized carbons (Fsp3) is 0.250. The van der Waals surface area contributed by atoms with Crippen LogP contribution >= 0.6 is 11.6 Å². The number of pyridine rings is 1. The van der Waals surface area contributed by atoms with Crippen molar-refractivity contribution in [3.8, 4) is 5.75 Å². The first-order valence-corrected chi connectivity index (χ1v) is 7.77. The number of anilines is 1. The number of nitrogens with one attached hydrogen (secondary N) is 1. The van der Waals surface area contributed by atoms with Crippen molar-refractivity contribution in [2.24, 2.45) is 4.99 Å². The first-order valence-electron chi connectivity index (χ1n) is 7.40. The largest absolute Gasteiger partial charge is 0.618 e. The smallest absolute Gasteiger partial charge is 0.223 e. The summed E-state index contributed by atoms with van der Waals surface area (Å²) in [5.41, 5.74) is 1.19. The minimum absolute atomic E-state index is 0.150. The van der Waals surface area contributed by atoms with Gasteiger partial charge in [-0.1, -0.05) is 11.6 Å². The molecule has 1 N–H and O–H groups in total. The molecular formula is C16H17ClN4O3. The molecular weight excluding hydrogens is 332 g/mol. The summed E-state index contributed by atoms with van der Waals surface area (Å²) >= 11 is 6.20. The number of nitrogens with zero attached hydrogens (tertiary/aromatic N) is 3. The molecule has 0 saturated heterocycles. The van der Waals surface area contributed by atoms with Crippen LogP contribution in [0.25, 0.3) is 0 Å². The van der Waals surface area contributed by atoms with E-state index >= 15 is 0 Å². The lowest BCUT2D eigenvalue weighted by Gasteiger charge is -2.20. The summed E-state index contributed by atoms with van der Waals surface area (Å²) in [6.07, 6.45) is 1.44. The van der Waals surface area contributed by atoms with Gasteiger partial charge in [-0.25, -0.2) is 10.1 Å². The van der Waals surface area contributed by atoms with Crippen molar-refractivity contribution in [3.05, 3.63) is 58.5 Å². The zero-order chi connectivity index (χ0) is 16.9. The van der Waals surface area contributed by atoms with Crippen LogP contribution in [0.5, 0.6) is 5.75 Å². The Labute approximate surface area is 144 Å². The lowest BCUT2D eigenvalue weighted by Crippen LogP contribution is -2.36. The molecule has 0 saturated carbocycles. The maximum atomic E-state index is 11.7. The maximum absolute atomic E-state index is 11.7. The molecule has 126 valence electrons. The average molecular weight is 349 g/mol. The Kier molecular flexibility index (Phi) is 5.02. The van der Waals surface area contributed by atoms with Crippen molar-refractivity contribution in [1.29, 1.82) is 0 Å². The third-order valence-electron chi connectivity index (χ3n) is 3.49. The number of methoxy groups -OCH3 is 1.